The molecule has 0 N–H and O–H groups in total. The van der Waals surface area contributed by atoms with Crippen LogP contribution in [0.25, 0.3) is 0 Å². The Morgan fingerprint density at radius 3 is 2.84 bits per heavy atom. The fourth-order valence-corrected chi connectivity index (χ4v) is 4.99. The topological polar surface area (TPSA) is 28.0 Å². The van der Waals surface area contributed by atoms with E-state index in [-0.39, 0.29) is 0 Å². The molecule has 1 heterocycles. The van der Waals surface area contributed by atoms with Crippen molar-refractivity contribution < 1.29 is 0 Å². The van der Waals surface area contributed by atoms with E-state index in [1.165, 1.54) is 18.5 Å². The molecular weight excluding hydrogens is 234 g/mol. The van der Waals surface area contributed by atoms with Gasteiger partial charge in [-0.05, 0) is 48.6 Å². The molecule has 3 aliphatic carbocycles. The van der Waals surface area contributed by atoms with Gasteiger partial charge in [0.15, 0.2) is 0 Å². The minimum atomic E-state index is 0.439. The summed E-state index contributed by atoms with van der Waals surface area (Å²) < 4.78 is 0. The summed E-state index contributed by atoms with van der Waals surface area (Å²) in [7, 11) is 0. The van der Waals surface area contributed by atoms with Gasteiger partial charge in [-0.3, -0.25) is 0 Å². The van der Waals surface area contributed by atoms with Gasteiger partial charge in [0.1, 0.15) is 0 Å². The quantitative estimate of drug-likeness (QED) is 0.702. The zero-order valence-electron chi connectivity index (χ0n) is 10.8. The fraction of sp³-hybridized carbons (Fsp3) is 0.500. The molecule has 0 spiro atoms. The van der Waals surface area contributed by atoms with Gasteiger partial charge in [0, 0.05) is 0 Å². The molecule has 3 heteroatoms. The van der Waals surface area contributed by atoms with Gasteiger partial charge in [-0.25, -0.2) is 5.01 Å². The van der Waals surface area contributed by atoms with E-state index in [1.54, 1.807) is 0 Å². The molecule has 4 aliphatic rings. The fourth-order valence-electron chi connectivity index (χ4n) is 4.99. The van der Waals surface area contributed by atoms with Gasteiger partial charge < -0.3 is 0 Å². The summed E-state index contributed by atoms with van der Waals surface area (Å²) in [5, 5.41) is 11.3. The third-order valence-corrected chi connectivity index (χ3v) is 5.66. The molecule has 0 unspecified atom stereocenters. The Morgan fingerprint density at radius 2 is 1.95 bits per heavy atom. The van der Waals surface area contributed by atoms with Crippen LogP contribution in [-0.4, -0.2) is 12.1 Å². The molecule has 2 fully saturated rings. The van der Waals surface area contributed by atoms with Crippen LogP contribution in [0.2, 0.25) is 0 Å². The van der Waals surface area contributed by atoms with Crippen molar-refractivity contribution in [2.45, 2.75) is 24.9 Å². The van der Waals surface area contributed by atoms with Crippen LogP contribution in [0.1, 0.15) is 12.8 Å². The lowest BCUT2D eigenvalue weighted by molar-refractivity contribution is 0.238. The summed E-state index contributed by atoms with van der Waals surface area (Å²) in [5.41, 5.74) is 1.20. The average Bonchev–Trinajstić information content (AvgIpc) is 3.17. The molecular formula is C16H17N3. The molecule has 3 nitrogen and oxygen atoms in total. The smallest absolute Gasteiger partial charge is 0.0990 e. The van der Waals surface area contributed by atoms with Crippen molar-refractivity contribution in [2.24, 2.45) is 34.0 Å². The van der Waals surface area contributed by atoms with Gasteiger partial charge >= 0.3 is 0 Å². The van der Waals surface area contributed by atoms with E-state index in [0.29, 0.717) is 12.1 Å². The second-order valence-electron chi connectivity index (χ2n) is 6.33. The zero-order valence-corrected chi connectivity index (χ0v) is 10.8. The molecule has 2 bridgehead atoms. The molecule has 0 aromatic heterocycles. The lowest BCUT2D eigenvalue weighted by atomic mass is 9.76. The predicted octanol–water partition coefficient (Wildman–Crippen LogP) is 3.45. The van der Waals surface area contributed by atoms with E-state index >= 15 is 0 Å². The lowest BCUT2D eigenvalue weighted by Gasteiger charge is -2.35. The SMILES string of the molecule is C1=C[C@H]2[C@H]3C[C@H]([C@H]2C1)[C@@H]1[C@@H]3N=NN1c1ccccc1. The van der Waals surface area contributed by atoms with E-state index in [0.717, 1.165) is 23.7 Å². The average molecular weight is 251 g/mol. The van der Waals surface area contributed by atoms with Crippen molar-refractivity contribution in [3.63, 3.8) is 0 Å². The van der Waals surface area contributed by atoms with E-state index in [4.69, 9.17) is 0 Å². The van der Waals surface area contributed by atoms with Crippen LogP contribution >= 0.6 is 0 Å². The zero-order chi connectivity index (χ0) is 12.4. The maximum absolute atomic E-state index is 4.62. The number of para-hydroxylation sites is 1. The van der Waals surface area contributed by atoms with Crippen molar-refractivity contribution in [1.29, 1.82) is 0 Å². The van der Waals surface area contributed by atoms with Crippen LogP contribution in [0.3, 0.4) is 0 Å². The van der Waals surface area contributed by atoms with Gasteiger partial charge in [0.2, 0.25) is 0 Å². The normalized spacial score (nSPS) is 44.9. The van der Waals surface area contributed by atoms with Gasteiger partial charge in [0.25, 0.3) is 0 Å². The Morgan fingerprint density at radius 1 is 1.05 bits per heavy atom. The molecule has 6 atom stereocenters. The highest BCUT2D eigenvalue weighted by Gasteiger charge is 2.61. The highest BCUT2D eigenvalue weighted by molar-refractivity contribution is 5.48. The van der Waals surface area contributed by atoms with Crippen LogP contribution < -0.4 is 5.01 Å². The highest BCUT2D eigenvalue weighted by atomic mass is 15.6. The Hall–Kier alpha value is -1.64. The molecule has 1 aromatic carbocycles. The first kappa shape index (κ1) is 10.2. The van der Waals surface area contributed by atoms with E-state index in [1.807, 2.05) is 0 Å². The van der Waals surface area contributed by atoms with Crippen molar-refractivity contribution in [1.82, 2.24) is 0 Å². The number of hydrogen-bond acceptors (Lipinski definition) is 3. The Labute approximate surface area is 113 Å². The molecule has 5 rings (SSSR count). The third-order valence-electron chi connectivity index (χ3n) is 5.66. The van der Waals surface area contributed by atoms with Crippen molar-refractivity contribution in [3.05, 3.63) is 42.5 Å². The first-order chi connectivity index (χ1) is 9.43. The first-order valence-electron chi connectivity index (χ1n) is 7.35. The van der Waals surface area contributed by atoms with Gasteiger partial charge in [0.05, 0.1) is 17.8 Å². The summed E-state index contributed by atoms with van der Waals surface area (Å²) >= 11 is 0. The number of benzene rings is 1. The van der Waals surface area contributed by atoms with Crippen molar-refractivity contribution >= 4 is 5.69 Å². The van der Waals surface area contributed by atoms with Crippen molar-refractivity contribution in [3.8, 4) is 0 Å². The summed E-state index contributed by atoms with van der Waals surface area (Å²) in [4.78, 5) is 0. The van der Waals surface area contributed by atoms with Crippen LogP contribution in [0, 0.1) is 23.7 Å². The number of fused-ring (bicyclic) bond motifs is 8. The predicted molar refractivity (Wildman–Crippen MR) is 73.7 cm³/mol. The summed E-state index contributed by atoms with van der Waals surface area (Å²) in [5.74, 6) is 3.18. The summed E-state index contributed by atoms with van der Waals surface area (Å²) in [6.07, 6.45) is 7.47. The molecule has 96 valence electrons. The van der Waals surface area contributed by atoms with Gasteiger partial charge in [-0.2, -0.15) is 5.11 Å². The lowest BCUT2D eigenvalue weighted by Crippen LogP contribution is -2.44. The second kappa shape index (κ2) is 3.47. The second-order valence-corrected chi connectivity index (χ2v) is 6.33. The molecule has 0 radical (unpaired) electrons. The number of anilines is 1. The van der Waals surface area contributed by atoms with Crippen LogP contribution in [-0.2, 0) is 0 Å². The Bertz CT molecular complexity index is 565. The molecule has 19 heavy (non-hydrogen) atoms. The van der Waals surface area contributed by atoms with Gasteiger partial charge in [-0.1, -0.05) is 35.6 Å². The molecule has 1 aliphatic heterocycles. The monoisotopic (exact) mass is 251 g/mol. The first-order valence-corrected chi connectivity index (χ1v) is 7.35. The standard InChI is InChI=1S/C16H17N3/c1-2-5-10(6-3-1)19-16-14-9-13(15(16)17-18-19)11-7-4-8-12(11)14/h1-7,11-16H,8-9H2/t11-,12+,13-,14-,15-,16-/m1/s1. The van der Waals surface area contributed by atoms with Crippen LogP contribution in [0.4, 0.5) is 5.69 Å². The Kier molecular flexibility index (Phi) is 1.86. The maximum Gasteiger partial charge on any atom is 0.0990 e. The number of nitrogens with zero attached hydrogens (tertiary/aromatic N) is 3. The van der Waals surface area contributed by atoms with E-state index in [9.17, 15) is 0 Å². The van der Waals surface area contributed by atoms with Crippen LogP contribution in [0.15, 0.2) is 52.8 Å². The summed E-state index contributed by atoms with van der Waals surface area (Å²) in [6.45, 7) is 0. The van der Waals surface area contributed by atoms with Crippen LogP contribution in [0.5, 0.6) is 0 Å². The van der Waals surface area contributed by atoms with Crippen molar-refractivity contribution in [2.75, 3.05) is 5.01 Å². The number of rotatable bonds is 1. The minimum Gasteiger partial charge on any atom is -0.242 e. The van der Waals surface area contributed by atoms with E-state index in [2.05, 4.69) is 57.8 Å². The number of allylic oxidation sites excluding steroid dienone is 2. The minimum absolute atomic E-state index is 0.439. The molecule has 0 saturated heterocycles. The largest absolute Gasteiger partial charge is 0.242 e. The molecule has 2 saturated carbocycles. The molecule has 0 amide bonds. The summed E-state index contributed by atoms with van der Waals surface area (Å²) in [6, 6.07) is 11.5. The van der Waals surface area contributed by atoms with Gasteiger partial charge in [-0.15, -0.1) is 0 Å². The molecule has 1 aromatic rings. The Balaban J connectivity index is 1.53. The third kappa shape index (κ3) is 1.18. The maximum atomic E-state index is 4.62. The highest BCUT2D eigenvalue weighted by Crippen LogP contribution is 2.60. The van der Waals surface area contributed by atoms with E-state index < -0.39 is 0 Å². The number of hydrogen-bond donors (Lipinski definition) is 0.